The van der Waals surface area contributed by atoms with Crippen molar-refractivity contribution in [1.29, 1.82) is 0 Å². The monoisotopic (exact) mass is 387 g/mol. The highest BCUT2D eigenvalue weighted by Gasteiger charge is 2.30. The first-order valence-corrected chi connectivity index (χ1v) is 10.8. The average Bonchev–Trinajstić information content (AvgIpc) is 3.23. The zero-order chi connectivity index (χ0) is 19.8. The van der Waals surface area contributed by atoms with Crippen LogP contribution in [0, 0.1) is 0 Å². The summed E-state index contributed by atoms with van der Waals surface area (Å²) in [4.78, 5) is 12.0. The molecule has 0 aliphatic carbocycles. The summed E-state index contributed by atoms with van der Waals surface area (Å²) in [6, 6.07) is 9.54. The number of hydrogen-bond acceptors (Lipinski definition) is 4. The Bertz CT molecular complexity index is 625. The first-order valence-electron chi connectivity index (χ1n) is 10.8. The molecule has 1 aromatic rings. The van der Waals surface area contributed by atoms with Gasteiger partial charge in [-0.3, -0.25) is 14.8 Å². The third-order valence-electron chi connectivity index (χ3n) is 5.98. The molecule has 0 amide bonds. The molecule has 2 aliphatic rings. The molecular weight excluding hydrogens is 350 g/mol. The van der Waals surface area contributed by atoms with E-state index in [1.807, 2.05) is 7.05 Å². The molecule has 28 heavy (non-hydrogen) atoms. The van der Waals surface area contributed by atoms with Gasteiger partial charge >= 0.3 is 0 Å². The Balaban J connectivity index is 1.52. The largest absolute Gasteiger partial charge is 0.379 e. The molecule has 6 heteroatoms. The van der Waals surface area contributed by atoms with Gasteiger partial charge in [-0.15, -0.1) is 0 Å². The molecule has 2 heterocycles. The van der Waals surface area contributed by atoms with Gasteiger partial charge in [0, 0.05) is 52.4 Å². The fourth-order valence-corrected chi connectivity index (χ4v) is 4.23. The highest BCUT2D eigenvalue weighted by atomic mass is 16.5. The minimum atomic E-state index is 0.625. The Morgan fingerprint density at radius 2 is 1.93 bits per heavy atom. The van der Waals surface area contributed by atoms with Gasteiger partial charge in [0.2, 0.25) is 0 Å². The first kappa shape index (κ1) is 21.1. The van der Waals surface area contributed by atoms with Gasteiger partial charge in [-0.2, -0.15) is 0 Å². The zero-order valence-corrected chi connectivity index (χ0v) is 17.9. The number of hydrogen-bond donors (Lipinski definition) is 1. The molecule has 1 unspecified atom stereocenters. The van der Waals surface area contributed by atoms with Crippen LogP contribution in [0.1, 0.15) is 31.4 Å². The number of morpholine rings is 1. The lowest BCUT2D eigenvalue weighted by Crippen LogP contribution is -2.46. The molecule has 0 spiro atoms. The van der Waals surface area contributed by atoms with E-state index in [0.29, 0.717) is 6.04 Å². The van der Waals surface area contributed by atoms with Crippen LogP contribution in [0.5, 0.6) is 0 Å². The summed E-state index contributed by atoms with van der Waals surface area (Å²) in [5, 5.41) is 3.58. The summed E-state index contributed by atoms with van der Waals surface area (Å²) in [6.45, 7) is 14.4. The van der Waals surface area contributed by atoms with Crippen LogP contribution < -0.4 is 5.32 Å². The Kier molecular flexibility index (Phi) is 8.13. The lowest BCUT2D eigenvalue weighted by molar-refractivity contribution is 0.0195. The van der Waals surface area contributed by atoms with Crippen LogP contribution in [0.25, 0.3) is 0 Å². The molecule has 3 rings (SSSR count). The van der Waals surface area contributed by atoms with Crippen LogP contribution in [0.2, 0.25) is 0 Å². The Labute approximate surface area is 170 Å². The molecule has 1 aromatic carbocycles. The standard InChI is InChI=1S/C22H37N5O/c1-4-25(5-2)17-20-8-6-7-19(15-20)16-24-22(23-3)27-10-9-21(18-27)26-11-13-28-14-12-26/h6-8,15,21H,4-5,9-14,16-18H2,1-3H3,(H,23,24). The van der Waals surface area contributed by atoms with E-state index in [4.69, 9.17) is 4.74 Å². The summed E-state index contributed by atoms with van der Waals surface area (Å²) < 4.78 is 5.50. The molecular formula is C22H37N5O. The molecule has 156 valence electrons. The lowest BCUT2D eigenvalue weighted by Gasteiger charge is -2.32. The van der Waals surface area contributed by atoms with Gasteiger partial charge in [-0.05, 0) is 30.6 Å². The molecule has 0 saturated carbocycles. The third-order valence-corrected chi connectivity index (χ3v) is 5.98. The van der Waals surface area contributed by atoms with Gasteiger partial charge in [-0.1, -0.05) is 38.1 Å². The predicted octanol–water partition coefficient (Wildman–Crippen LogP) is 2.01. The fourth-order valence-electron chi connectivity index (χ4n) is 4.23. The maximum absolute atomic E-state index is 5.50. The van der Waals surface area contributed by atoms with Crippen LogP contribution >= 0.6 is 0 Å². The van der Waals surface area contributed by atoms with Crippen molar-refractivity contribution < 1.29 is 4.74 Å². The number of ether oxygens (including phenoxy) is 1. The Morgan fingerprint density at radius 3 is 2.64 bits per heavy atom. The summed E-state index contributed by atoms with van der Waals surface area (Å²) in [5.41, 5.74) is 2.70. The van der Waals surface area contributed by atoms with E-state index in [2.05, 4.69) is 63.1 Å². The van der Waals surface area contributed by atoms with Crippen LogP contribution in [-0.4, -0.2) is 86.2 Å². The van der Waals surface area contributed by atoms with Gasteiger partial charge < -0.3 is 15.0 Å². The molecule has 2 fully saturated rings. The number of nitrogens with zero attached hydrogens (tertiary/aromatic N) is 4. The van der Waals surface area contributed by atoms with E-state index >= 15 is 0 Å². The normalized spacial score (nSPS) is 21.5. The van der Waals surface area contributed by atoms with Gasteiger partial charge in [0.15, 0.2) is 5.96 Å². The van der Waals surface area contributed by atoms with Crippen molar-refractivity contribution in [2.45, 2.75) is 39.4 Å². The van der Waals surface area contributed by atoms with Gasteiger partial charge in [-0.25, -0.2) is 0 Å². The summed E-state index contributed by atoms with van der Waals surface area (Å²) in [5.74, 6) is 1.02. The maximum Gasteiger partial charge on any atom is 0.193 e. The van der Waals surface area contributed by atoms with Crippen LogP contribution in [0.3, 0.4) is 0 Å². The van der Waals surface area contributed by atoms with Crippen LogP contribution in [0.4, 0.5) is 0 Å². The van der Waals surface area contributed by atoms with Crippen molar-refractivity contribution in [2.24, 2.45) is 4.99 Å². The molecule has 0 bridgehead atoms. The highest BCUT2D eigenvalue weighted by Crippen LogP contribution is 2.17. The minimum Gasteiger partial charge on any atom is -0.379 e. The fraction of sp³-hybridized carbons (Fsp3) is 0.682. The molecule has 1 N–H and O–H groups in total. The quantitative estimate of drug-likeness (QED) is 0.573. The molecule has 2 saturated heterocycles. The van der Waals surface area contributed by atoms with Crippen molar-refractivity contribution in [3.8, 4) is 0 Å². The summed E-state index contributed by atoms with van der Waals surface area (Å²) in [7, 11) is 1.89. The van der Waals surface area contributed by atoms with Crippen molar-refractivity contribution >= 4 is 5.96 Å². The second kappa shape index (κ2) is 10.8. The maximum atomic E-state index is 5.50. The SMILES string of the molecule is CCN(CC)Cc1cccc(CNC(=NC)N2CCC(N3CCOCC3)C2)c1. The van der Waals surface area contributed by atoms with E-state index in [1.165, 1.54) is 17.5 Å². The van der Waals surface area contributed by atoms with Crippen molar-refractivity contribution in [3.63, 3.8) is 0 Å². The number of rotatable bonds is 7. The lowest BCUT2D eigenvalue weighted by atomic mass is 10.1. The van der Waals surface area contributed by atoms with E-state index in [0.717, 1.165) is 71.5 Å². The average molecular weight is 388 g/mol. The number of likely N-dealkylation sites (tertiary alicyclic amines) is 1. The second-order valence-electron chi connectivity index (χ2n) is 7.72. The number of guanidine groups is 1. The highest BCUT2D eigenvalue weighted by molar-refractivity contribution is 5.80. The van der Waals surface area contributed by atoms with Crippen LogP contribution in [-0.2, 0) is 17.8 Å². The van der Waals surface area contributed by atoms with E-state index in [9.17, 15) is 0 Å². The summed E-state index contributed by atoms with van der Waals surface area (Å²) >= 11 is 0. The molecule has 6 nitrogen and oxygen atoms in total. The number of nitrogens with one attached hydrogen (secondary N) is 1. The third kappa shape index (κ3) is 5.69. The summed E-state index contributed by atoms with van der Waals surface area (Å²) in [6.07, 6.45) is 1.21. The molecule has 2 aliphatic heterocycles. The molecule has 0 aromatic heterocycles. The van der Waals surface area contributed by atoms with Crippen LogP contribution in [0.15, 0.2) is 29.3 Å². The van der Waals surface area contributed by atoms with Crippen molar-refractivity contribution in [3.05, 3.63) is 35.4 Å². The van der Waals surface area contributed by atoms with Gasteiger partial charge in [0.25, 0.3) is 0 Å². The predicted molar refractivity (Wildman–Crippen MR) is 116 cm³/mol. The van der Waals surface area contributed by atoms with E-state index in [-0.39, 0.29) is 0 Å². The number of benzene rings is 1. The van der Waals surface area contributed by atoms with Gasteiger partial charge in [0.1, 0.15) is 0 Å². The molecule has 0 radical (unpaired) electrons. The van der Waals surface area contributed by atoms with E-state index in [1.54, 1.807) is 0 Å². The van der Waals surface area contributed by atoms with Crippen molar-refractivity contribution in [1.82, 2.24) is 20.0 Å². The Morgan fingerprint density at radius 1 is 1.18 bits per heavy atom. The smallest absolute Gasteiger partial charge is 0.193 e. The van der Waals surface area contributed by atoms with Crippen molar-refractivity contribution in [2.75, 3.05) is 59.5 Å². The first-order chi connectivity index (χ1) is 13.7. The minimum absolute atomic E-state index is 0.625. The van der Waals surface area contributed by atoms with Gasteiger partial charge in [0.05, 0.1) is 13.2 Å². The molecule has 1 atom stereocenters. The number of aliphatic imine (C=N–C) groups is 1. The topological polar surface area (TPSA) is 43.3 Å². The van der Waals surface area contributed by atoms with E-state index < -0.39 is 0 Å². The Hall–Kier alpha value is -1.63. The second-order valence-corrected chi connectivity index (χ2v) is 7.72. The zero-order valence-electron chi connectivity index (χ0n) is 17.9.